The summed E-state index contributed by atoms with van der Waals surface area (Å²) in [6.07, 6.45) is 6.63. The molecule has 1 amide bonds. The number of aryl methyl sites for hydroxylation is 1. The van der Waals surface area contributed by atoms with Gasteiger partial charge in [-0.25, -0.2) is 4.98 Å². The Hall–Kier alpha value is -3.18. The van der Waals surface area contributed by atoms with E-state index >= 15 is 0 Å². The zero-order valence-electron chi connectivity index (χ0n) is 19.6. The molecular weight excluding hydrogens is 462 g/mol. The smallest absolute Gasteiger partial charge is 0.276 e. The SMILES string of the molecule is Cc1cc(C#Cc2ccccc2)cnc1NC(=O)c1c(Cl)cnn1C1CCN(C(O)C2CC2)CC1. The van der Waals surface area contributed by atoms with Gasteiger partial charge in [0.1, 0.15) is 17.7 Å². The van der Waals surface area contributed by atoms with Crippen molar-refractivity contribution in [1.82, 2.24) is 19.7 Å². The summed E-state index contributed by atoms with van der Waals surface area (Å²) in [5, 5.41) is 18.0. The summed E-state index contributed by atoms with van der Waals surface area (Å²) in [5.74, 6) is 6.77. The lowest BCUT2D eigenvalue weighted by molar-refractivity contribution is -0.0311. The zero-order chi connectivity index (χ0) is 24.4. The molecule has 3 aromatic rings. The third-order valence-corrected chi connectivity index (χ3v) is 6.94. The second kappa shape index (κ2) is 10.2. The van der Waals surface area contributed by atoms with Crippen molar-refractivity contribution in [3.05, 3.63) is 76.2 Å². The van der Waals surface area contributed by atoms with Crippen LogP contribution in [0.4, 0.5) is 5.82 Å². The summed E-state index contributed by atoms with van der Waals surface area (Å²) in [7, 11) is 0. The second-order valence-corrected chi connectivity index (χ2v) is 9.67. The molecule has 1 aliphatic carbocycles. The molecule has 5 rings (SSSR count). The average molecular weight is 490 g/mol. The Morgan fingerprint density at radius 1 is 1.11 bits per heavy atom. The monoisotopic (exact) mass is 489 g/mol. The third-order valence-electron chi connectivity index (χ3n) is 6.66. The maximum atomic E-state index is 13.2. The number of hydrogen-bond acceptors (Lipinski definition) is 5. The van der Waals surface area contributed by atoms with Gasteiger partial charge in [-0.1, -0.05) is 41.6 Å². The van der Waals surface area contributed by atoms with Gasteiger partial charge in [-0.05, 0) is 62.3 Å². The van der Waals surface area contributed by atoms with Crippen LogP contribution in [0.5, 0.6) is 0 Å². The molecule has 1 saturated carbocycles. The largest absolute Gasteiger partial charge is 0.378 e. The van der Waals surface area contributed by atoms with Crippen molar-refractivity contribution in [2.45, 2.75) is 44.9 Å². The van der Waals surface area contributed by atoms with Gasteiger partial charge in [-0.15, -0.1) is 0 Å². The fourth-order valence-electron chi connectivity index (χ4n) is 4.52. The standard InChI is InChI=1S/C27H28ClN5O2/c1-18-15-20(8-7-19-5-3-2-4-6-19)16-29-25(18)31-26(34)24-23(28)17-30-33(24)22-11-13-32(14-12-22)27(35)21-9-10-21/h2-6,15-17,21-22,27,35H,9-14H2,1H3,(H,29,31,34). The minimum atomic E-state index is -0.352. The summed E-state index contributed by atoms with van der Waals surface area (Å²) in [6, 6.07) is 11.7. The van der Waals surface area contributed by atoms with E-state index in [1.165, 1.54) is 6.20 Å². The van der Waals surface area contributed by atoms with E-state index in [0.29, 0.717) is 22.5 Å². The number of pyridine rings is 1. The lowest BCUT2D eigenvalue weighted by Gasteiger charge is -2.35. The molecule has 2 N–H and O–H groups in total. The molecule has 7 nitrogen and oxygen atoms in total. The Balaban J connectivity index is 1.27. The molecule has 180 valence electrons. The van der Waals surface area contributed by atoms with Gasteiger partial charge in [0.2, 0.25) is 0 Å². The number of halogens is 1. The Kier molecular flexibility index (Phi) is 6.87. The molecule has 1 saturated heterocycles. The van der Waals surface area contributed by atoms with Crippen molar-refractivity contribution in [2.24, 2.45) is 5.92 Å². The fourth-order valence-corrected chi connectivity index (χ4v) is 4.74. The Bertz CT molecular complexity index is 1270. The van der Waals surface area contributed by atoms with Crippen molar-refractivity contribution in [3.8, 4) is 11.8 Å². The highest BCUT2D eigenvalue weighted by molar-refractivity contribution is 6.34. The van der Waals surface area contributed by atoms with Crippen LogP contribution < -0.4 is 5.32 Å². The number of nitrogens with zero attached hydrogens (tertiary/aromatic N) is 4. The maximum absolute atomic E-state index is 13.2. The summed E-state index contributed by atoms with van der Waals surface area (Å²) >= 11 is 6.39. The lowest BCUT2D eigenvalue weighted by atomic mass is 10.0. The molecule has 2 aliphatic rings. The highest BCUT2D eigenvalue weighted by Crippen LogP contribution is 2.36. The third kappa shape index (κ3) is 5.40. The number of aromatic nitrogens is 3. The molecule has 0 radical (unpaired) electrons. The number of carbonyl (C=O) groups excluding carboxylic acids is 1. The zero-order valence-corrected chi connectivity index (χ0v) is 20.4. The normalized spacial score (nSPS) is 17.5. The first-order chi connectivity index (χ1) is 17.0. The number of aliphatic hydroxyl groups excluding tert-OH is 1. The number of rotatable bonds is 5. The Morgan fingerprint density at radius 2 is 1.83 bits per heavy atom. The van der Waals surface area contributed by atoms with E-state index in [2.05, 4.69) is 32.1 Å². The number of likely N-dealkylation sites (tertiary alicyclic amines) is 1. The molecule has 1 unspecified atom stereocenters. The van der Waals surface area contributed by atoms with E-state index in [4.69, 9.17) is 11.6 Å². The van der Waals surface area contributed by atoms with Crippen LogP contribution >= 0.6 is 11.6 Å². The first-order valence-electron chi connectivity index (χ1n) is 12.0. The number of nitrogens with one attached hydrogen (secondary N) is 1. The van der Waals surface area contributed by atoms with Gasteiger partial charge in [0.25, 0.3) is 5.91 Å². The summed E-state index contributed by atoms with van der Waals surface area (Å²) < 4.78 is 1.73. The number of piperidine rings is 1. The average Bonchev–Trinajstić information content (AvgIpc) is 3.66. The molecular formula is C27H28ClN5O2. The molecule has 8 heteroatoms. The molecule has 2 aromatic heterocycles. The molecule has 1 atom stereocenters. The minimum Gasteiger partial charge on any atom is -0.378 e. The number of amides is 1. The number of anilines is 1. The Labute approximate surface area is 210 Å². The van der Waals surface area contributed by atoms with E-state index in [1.807, 2.05) is 43.3 Å². The summed E-state index contributed by atoms with van der Waals surface area (Å²) in [5.41, 5.74) is 2.84. The number of aliphatic hydroxyl groups is 1. The molecule has 0 spiro atoms. The number of hydrogen-bond donors (Lipinski definition) is 2. The van der Waals surface area contributed by atoms with E-state index in [1.54, 1.807) is 10.9 Å². The fraction of sp³-hybridized carbons (Fsp3) is 0.370. The molecule has 3 heterocycles. The molecule has 2 fully saturated rings. The van der Waals surface area contributed by atoms with Crippen molar-refractivity contribution in [2.75, 3.05) is 18.4 Å². The first kappa shape index (κ1) is 23.6. The van der Waals surface area contributed by atoms with Crippen molar-refractivity contribution in [1.29, 1.82) is 0 Å². The highest BCUT2D eigenvalue weighted by atomic mass is 35.5. The van der Waals surface area contributed by atoms with Crippen molar-refractivity contribution >= 4 is 23.3 Å². The van der Waals surface area contributed by atoms with Gasteiger partial charge in [0, 0.05) is 30.4 Å². The molecule has 1 aliphatic heterocycles. The van der Waals surface area contributed by atoms with Crippen molar-refractivity contribution in [3.63, 3.8) is 0 Å². The first-order valence-corrected chi connectivity index (χ1v) is 12.4. The van der Waals surface area contributed by atoms with Gasteiger partial charge in [0.05, 0.1) is 17.3 Å². The lowest BCUT2D eigenvalue weighted by Crippen LogP contribution is -2.43. The van der Waals surface area contributed by atoms with E-state index < -0.39 is 0 Å². The van der Waals surface area contributed by atoms with E-state index in [9.17, 15) is 9.90 Å². The van der Waals surface area contributed by atoms with Crippen LogP contribution in [0.3, 0.4) is 0 Å². The van der Waals surface area contributed by atoms with E-state index in [-0.39, 0.29) is 18.2 Å². The van der Waals surface area contributed by atoms with Crippen LogP contribution in [-0.2, 0) is 0 Å². The topological polar surface area (TPSA) is 83.3 Å². The van der Waals surface area contributed by atoms with Crippen LogP contribution in [0.25, 0.3) is 0 Å². The summed E-state index contributed by atoms with van der Waals surface area (Å²) in [6.45, 7) is 3.43. The van der Waals surface area contributed by atoms with E-state index in [0.717, 1.165) is 55.5 Å². The van der Waals surface area contributed by atoms with Crippen LogP contribution in [-0.4, -0.2) is 50.0 Å². The van der Waals surface area contributed by atoms with Gasteiger partial charge in [0.15, 0.2) is 0 Å². The maximum Gasteiger partial charge on any atom is 0.276 e. The van der Waals surface area contributed by atoms with Gasteiger partial charge < -0.3 is 10.4 Å². The van der Waals surface area contributed by atoms with Gasteiger partial charge in [-0.3, -0.25) is 14.4 Å². The van der Waals surface area contributed by atoms with Crippen LogP contribution in [0.2, 0.25) is 5.02 Å². The highest BCUT2D eigenvalue weighted by Gasteiger charge is 2.36. The predicted octanol–water partition coefficient (Wildman–Crippen LogP) is 4.26. The minimum absolute atomic E-state index is 0.0515. The molecule has 1 aromatic carbocycles. The summed E-state index contributed by atoms with van der Waals surface area (Å²) in [4.78, 5) is 19.8. The Morgan fingerprint density at radius 3 is 2.51 bits per heavy atom. The van der Waals surface area contributed by atoms with Gasteiger partial charge >= 0.3 is 0 Å². The molecule has 0 bridgehead atoms. The predicted molar refractivity (Wildman–Crippen MR) is 135 cm³/mol. The quantitative estimate of drug-likeness (QED) is 0.523. The van der Waals surface area contributed by atoms with Crippen molar-refractivity contribution < 1.29 is 9.90 Å². The van der Waals surface area contributed by atoms with Crippen LogP contribution in [0, 0.1) is 24.7 Å². The second-order valence-electron chi connectivity index (χ2n) is 9.26. The van der Waals surface area contributed by atoms with Crippen LogP contribution in [0.15, 0.2) is 48.8 Å². The van der Waals surface area contributed by atoms with Gasteiger partial charge in [-0.2, -0.15) is 5.10 Å². The molecule has 35 heavy (non-hydrogen) atoms. The van der Waals surface area contributed by atoms with Crippen LogP contribution in [0.1, 0.15) is 58.9 Å². The number of carbonyl (C=O) groups is 1. The number of benzene rings is 1.